The van der Waals surface area contributed by atoms with Gasteiger partial charge < -0.3 is 9.97 Å². The average molecular weight is 270 g/mol. The van der Waals surface area contributed by atoms with Crippen molar-refractivity contribution >= 4 is 16.8 Å². The van der Waals surface area contributed by atoms with E-state index >= 15 is 0 Å². The number of hydrogen-bond acceptors (Lipinski definition) is 3. The summed E-state index contributed by atoms with van der Waals surface area (Å²) in [4.78, 5) is 40.0. The number of hydrogen-bond donors (Lipinski definition) is 2. The van der Waals surface area contributed by atoms with Crippen LogP contribution in [0.15, 0.2) is 27.8 Å². The van der Waals surface area contributed by atoms with Crippen LogP contribution in [0.5, 0.6) is 0 Å². The van der Waals surface area contributed by atoms with Crippen molar-refractivity contribution in [3.63, 3.8) is 0 Å². The lowest BCUT2D eigenvalue weighted by molar-refractivity contribution is 0.0914. The Bertz CT molecular complexity index is 823. The Balaban J connectivity index is 1.73. The van der Waals surface area contributed by atoms with Crippen molar-refractivity contribution in [2.24, 2.45) is 17.8 Å². The molecule has 2 aromatic rings. The molecular formula is C15H14N2O3. The van der Waals surface area contributed by atoms with E-state index in [2.05, 4.69) is 9.97 Å². The van der Waals surface area contributed by atoms with Gasteiger partial charge in [-0.1, -0.05) is 0 Å². The fourth-order valence-electron chi connectivity index (χ4n) is 3.43. The fraction of sp³-hybridized carbons (Fsp3) is 0.400. The largest absolute Gasteiger partial charge is 0.316 e. The zero-order chi connectivity index (χ0) is 13.9. The predicted molar refractivity (Wildman–Crippen MR) is 73.8 cm³/mol. The summed E-state index contributed by atoms with van der Waals surface area (Å²) in [5.74, 6) is 1.82. The maximum absolute atomic E-state index is 12.4. The molecule has 0 saturated heterocycles. The fourth-order valence-corrected chi connectivity index (χ4v) is 3.43. The van der Waals surface area contributed by atoms with Gasteiger partial charge in [-0.3, -0.25) is 14.4 Å². The third kappa shape index (κ3) is 1.73. The summed E-state index contributed by atoms with van der Waals surface area (Å²) in [6, 6.07) is 5.07. The first kappa shape index (κ1) is 11.6. The van der Waals surface area contributed by atoms with Crippen LogP contribution < -0.4 is 11.1 Å². The molecule has 1 aromatic carbocycles. The Morgan fingerprint density at radius 2 is 1.60 bits per heavy atom. The second kappa shape index (κ2) is 3.91. The summed E-state index contributed by atoms with van der Waals surface area (Å²) < 4.78 is 0. The Labute approximate surface area is 114 Å². The van der Waals surface area contributed by atoms with Crippen molar-refractivity contribution in [1.82, 2.24) is 9.97 Å². The molecule has 0 radical (unpaired) electrons. The molecule has 2 N–H and O–H groups in total. The minimum absolute atomic E-state index is 0.130. The molecule has 0 bridgehead atoms. The van der Waals surface area contributed by atoms with Crippen molar-refractivity contribution in [2.75, 3.05) is 0 Å². The Morgan fingerprint density at radius 3 is 2.30 bits per heavy atom. The second-order valence-electron chi connectivity index (χ2n) is 5.96. The Kier molecular flexibility index (Phi) is 2.28. The van der Waals surface area contributed by atoms with Crippen LogP contribution in [0.1, 0.15) is 29.6 Å². The van der Waals surface area contributed by atoms with E-state index in [9.17, 15) is 14.4 Å². The number of aromatic amines is 2. The van der Waals surface area contributed by atoms with E-state index in [1.165, 1.54) is 6.42 Å². The van der Waals surface area contributed by atoms with Gasteiger partial charge in [-0.2, -0.15) is 0 Å². The van der Waals surface area contributed by atoms with Gasteiger partial charge in [-0.05, 0) is 49.3 Å². The first-order valence-electron chi connectivity index (χ1n) is 6.92. The van der Waals surface area contributed by atoms with Crippen molar-refractivity contribution in [1.29, 1.82) is 0 Å². The van der Waals surface area contributed by atoms with Crippen molar-refractivity contribution in [2.45, 2.75) is 19.3 Å². The van der Waals surface area contributed by atoms with Gasteiger partial charge in [0.15, 0.2) is 5.78 Å². The number of H-pyrrole nitrogens is 2. The second-order valence-corrected chi connectivity index (χ2v) is 5.96. The highest BCUT2D eigenvalue weighted by Gasteiger charge is 2.47. The number of rotatable bonds is 2. The first-order valence-corrected chi connectivity index (χ1v) is 6.92. The van der Waals surface area contributed by atoms with E-state index in [1.807, 2.05) is 0 Å². The molecule has 2 fully saturated rings. The molecule has 5 nitrogen and oxygen atoms in total. The molecule has 4 rings (SSSR count). The number of carbonyl (C=O) groups excluding carboxylic acids is 1. The number of ketones is 1. The summed E-state index contributed by atoms with van der Waals surface area (Å²) in [5.41, 5.74) is 0.298. The van der Waals surface area contributed by atoms with Crippen LogP contribution in [0.3, 0.4) is 0 Å². The highest BCUT2D eigenvalue weighted by molar-refractivity contribution is 6.00. The number of nitrogens with one attached hydrogen (secondary N) is 2. The van der Waals surface area contributed by atoms with Crippen LogP contribution in [0.4, 0.5) is 0 Å². The lowest BCUT2D eigenvalue weighted by Crippen LogP contribution is -2.29. The molecule has 20 heavy (non-hydrogen) atoms. The van der Waals surface area contributed by atoms with Crippen molar-refractivity contribution in [3.05, 3.63) is 44.5 Å². The minimum atomic E-state index is -0.691. The molecule has 2 aliphatic carbocycles. The highest BCUT2D eigenvalue weighted by atomic mass is 16.2. The summed E-state index contributed by atoms with van der Waals surface area (Å²) in [6.07, 6.45) is 3.30. The summed E-state index contributed by atoms with van der Waals surface area (Å²) in [5, 5.41) is 0. The van der Waals surface area contributed by atoms with Crippen LogP contribution in [0.2, 0.25) is 0 Å². The maximum Gasteiger partial charge on any atom is 0.314 e. The van der Waals surface area contributed by atoms with Gasteiger partial charge in [-0.25, -0.2) is 0 Å². The molecule has 5 heteroatoms. The molecule has 0 amide bonds. The van der Waals surface area contributed by atoms with Gasteiger partial charge in [0, 0.05) is 11.5 Å². The van der Waals surface area contributed by atoms with Crippen LogP contribution in [-0.2, 0) is 0 Å². The lowest BCUT2D eigenvalue weighted by atomic mass is 9.93. The predicted octanol–water partition coefficient (Wildman–Crippen LogP) is 1.45. The molecule has 2 aliphatic rings. The summed E-state index contributed by atoms with van der Waals surface area (Å²) >= 11 is 0. The monoisotopic (exact) mass is 270 g/mol. The average Bonchev–Trinajstić information content (AvgIpc) is 3.05. The van der Waals surface area contributed by atoms with Gasteiger partial charge >= 0.3 is 11.1 Å². The molecule has 2 saturated carbocycles. The quantitative estimate of drug-likeness (QED) is 0.640. The Hall–Kier alpha value is -2.17. The van der Waals surface area contributed by atoms with Gasteiger partial charge in [0.1, 0.15) is 0 Å². The van der Waals surface area contributed by atoms with Crippen LogP contribution >= 0.6 is 0 Å². The van der Waals surface area contributed by atoms with E-state index in [1.54, 1.807) is 18.2 Å². The zero-order valence-electron chi connectivity index (χ0n) is 10.8. The SMILES string of the molecule is O=C(c1ccc2[nH]c(=O)c(=O)[nH]c2c1)C1CC2CC2C1. The van der Waals surface area contributed by atoms with E-state index in [0.717, 1.165) is 24.7 Å². The normalized spacial score (nSPS) is 27.5. The van der Waals surface area contributed by atoms with Crippen LogP contribution in [-0.4, -0.2) is 15.8 Å². The smallest absolute Gasteiger partial charge is 0.314 e. The van der Waals surface area contributed by atoms with E-state index in [0.29, 0.717) is 16.6 Å². The van der Waals surface area contributed by atoms with E-state index < -0.39 is 11.1 Å². The molecule has 0 spiro atoms. The van der Waals surface area contributed by atoms with Gasteiger partial charge in [-0.15, -0.1) is 0 Å². The minimum Gasteiger partial charge on any atom is -0.316 e. The standard InChI is InChI=1S/C15H14N2O3/c18-13(10-4-8-3-9(8)5-10)7-1-2-11-12(6-7)17-15(20)14(19)16-11/h1-2,6,8-10H,3-5H2,(H,16,19)(H,17,20). The first-order chi connectivity index (χ1) is 9.61. The third-order valence-electron chi connectivity index (χ3n) is 4.62. The van der Waals surface area contributed by atoms with Crippen molar-refractivity contribution in [3.8, 4) is 0 Å². The van der Waals surface area contributed by atoms with Crippen molar-refractivity contribution < 1.29 is 4.79 Å². The van der Waals surface area contributed by atoms with E-state index in [-0.39, 0.29) is 11.7 Å². The molecule has 2 atom stereocenters. The van der Waals surface area contributed by atoms with Gasteiger partial charge in [0.05, 0.1) is 11.0 Å². The Morgan fingerprint density at radius 1 is 0.950 bits per heavy atom. The number of aromatic nitrogens is 2. The number of benzene rings is 1. The molecule has 102 valence electrons. The number of carbonyl (C=O) groups is 1. The summed E-state index contributed by atoms with van der Waals surface area (Å²) in [7, 11) is 0. The molecule has 1 heterocycles. The summed E-state index contributed by atoms with van der Waals surface area (Å²) in [6.45, 7) is 0. The maximum atomic E-state index is 12.4. The molecule has 1 aromatic heterocycles. The van der Waals surface area contributed by atoms with Crippen LogP contribution in [0, 0.1) is 17.8 Å². The number of Topliss-reactive ketones (excluding diaryl/α,β-unsaturated/α-hetero) is 1. The topological polar surface area (TPSA) is 82.8 Å². The van der Waals surface area contributed by atoms with E-state index in [4.69, 9.17) is 0 Å². The lowest BCUT2D eigenvalue weighted by Gasteiger charge is -2.10. The third-order valence-corrected chi connectivity index (χ3v) is 4.62. The molecule has 0 aliphatic heterocycles. The molecular weight excluding hydrogens is 256 g/mol. The van der Waals surface area contributed by atoms with Gasteiger partial charge in [0.25, 0.3) is 0 Å². The molecule has 2 unspecified atom stereocenters. The number of fused-ring (bicyclic) bond motifs is 2. The van der Waals surface area contributed by atoms with Gasteiger partial charge in [0.2, 0.25) is 0 Å². The highest BCUT2D eigenvalue weighted by Crippen LogP contribution is 2.54. The zero-order valence-corrected chi connectivity index (χ0v) is 10.8. The van der Waals surface area contributed by atoms with Crippen LogP contribution in [0.25, 0.3) is 11.0 Å².